The highest BCUT2D eigenvalue weighted by Crippen LogP contribution is 2.11. The van der Waals surface area contributed by atoms with Crippen molar-refractivity contribution in [3.8, 4) is 0 Å². The molecule has 0 aliphatic rings. The fraction of sp³-hybridized carbons (Fsp3) is 0.385. The van der Waals surface area contributed by atoms with E-state index in [2.05, 4.69) is 21.9 Å². The molecule has 0 aliphatic heterocycles. The Morgan fingerprint density at radius 3 is 2.90 bits per heavy atom. The molecule has 3 N–H and O–H groups in total. The number of furan rings is 1. The molecule has 0 amide bonds. The lowest BCUT2D eigenvalue weighted by molar-refractivity contribution is 0.561. The number of nitrogens with one attached hydrogen (secondary N) is 3. The van der Waals surface area contributed by atoms with Crippen LogP contribution in [0.4, 0.5) is 0 Å². The third-order valence-corrected chi connectivity index (χ3v) is 4.20. The van der Waals surface area contributed by atoms with Crippen molar-refractivity contribution in [3.63, 3.8) is 0 Å². The number of aromatic amines is 1. The summed E-state index contributed by atoms with van der Waals surface area (Å²) in [6.07, 6.45) is 5.57. The number of H-pyrrole nitrogens is 1. The second-order valence-corrected chi connectivity index (χ2v) is 6.26. The summed E-state index contributed by atoms with van der Waals surface area (Å²) in [5.74, 6) is 0. The molecular weight excluding hydrogens is 278 g/mol. The second-order valence-electron chi connectivity index (χ2n) is 4.49. The predicted octanol–water partition coefficient (Wildman–Crippen LogP) is 1.59. The quantitative estimate of drug-likeness (QED) is 0.646. The minimum Gasteiger partial charge on any atom is -0.472 e. The highest BCUT2D eigenvalue weighted by molar-refractivity contribution is 7.89. The Kier molecular flexibility index (Phi) is 4.99. The molecule has 2 heterocycles. The molecule has 110 valence electrons. The summed E-state index contributed by atoms with van der Waals surface area (Å²) in [4.78, 5) is 3.21. The van der Waals surface area contributed by atoms with Crippen molar-refractivity contribution in [1.29, 1.82) is 0 Å². The van der Waals surface area contributed by atoms with Crippen LogP contribution in [-0.2, 0) is 23.1 Å². The Labute approximate surface area is 118 Å². The maximum absolute atomic E-state index is 12.1. The van der Waals surface area contributed by atoms with E-state index in [4.69, 9.17) is 4.42 Å². The van der Waals surface area contributed by atoms with Gasteiger partial charge < -0.3 is 14.7 Å². The molecule has 0 aromatic carbocycles. The van der Waals surface area contributed by atoms with E-state index in [9.17, 15) is 8.42 Å². The molecule has 7 heteroatoms. The van der Waals surface area contributed by atoms with Gasteiger partial charge >= 0.3 is 0 Å². The molecule has 0 unspecified atom stereocenters. The summed E-state index contributed by atoms with van der Waals surface area (Å²) < 4.78 is 31.6. The lowest BCUT2D eigenvalue weighted by atomic mass is 10.4. The fourth-order valence-electron chi connectivity index (χ4n) is 1.73. The number of aromatic nitrogens is 1. The van der Waals surface area contributed by atoms with Crippen molar-refractivity contribution < 1.29 is 12.8 Å². The van der Waals surface area contributed by atoms with Gasteiger partial charge in [-0.1, -0.05) is 6.92 Å². The van der Waals surface area contributed by atoms with E-state index >= 15 is 0 Å². The van der Waals surface area contributed by atoms with E-state index in [1.807, 2.05) is 0 Å². The molecule has 0 spiro atoms. The molecule has 0 fully saturated rings. The van der Waals surface area contributed by atoms with Crippen LogP contribution < -0.4 is 10.0 Å². The van der Waals surface area contributed by atoms with Crippen molar-refractivity contribution in [1.82, 2.24) is 15.0 Å². The monoisotopic (exact) mass is 297 g/mol. The highest BCUT2D eigenvalue weighted by atomic mass is 32.2. The summed E-state index contributed by atoms with van der Waals surface area (Å²) in [5, 5.41) is 3.21. The van der Waals surface area contributed by atoms with Gasteiger partial charge in [0.15, 0.2) is 0 Å². The van der Waals surface area contributed by atoms with Gasteiger partial charge in [0.25, 0.3) is 0 Å². The molecule has 2 aromatic heterocycles. The Morgan fingerprint density at radius 1 is 1.35 bits per heavy atom. The molecule has 2 rings (SSSR count). The first-order chi connectivity index (χ1) is 9.62. The molecule has 20 heavy (non-hydrogen) atoms. The SMILES string of the molecule is CCCNCc1cc(S(=O)(=O)NCc2ccoc2)c[nH]1. The first-order valence-electron chi connectivity index (χ1n) is 6.50. The Morgan fingerprint density at radius 2 is 2.20 bits per heavy atom. The lowest BCUT2D eigenvalue weighted by Crippen LogP contribution is -2.22. The molecule has 0 radical (unpaired) electrons. The smallest absolute Gasteiger partial charge is 0.242 e. The van der Waals surface area contributed by atoms with Gasteiger partial charge in [0, 0.05) is 30.5 Å². The molecular formula is C13H19N3O3S. The van der Waals surface area contributed by atoms with E-state index in [0.29, 0.717) is 6.54 Å². The minimum atomic E-state index is -3.50. The number of sulfonamides is 1. The van der Waals surface area contributed by atoms with Crippen molar-refractivity contribution in [2.75, 3.05) is 6.54 Å². The summed E-state index contributed by atoms with van der Waals surface area (Å²) in [6, 6.07) is 3.36. The average molecular weight is 297 g/mol. The fourth-order valence-corrected chi connectivity index (χ4v) is 2.77. The van der Waals surface area contributed by atoms with Crippen LogP contribution in [0.2, 0.25) is 0 Å². The standard InChI is InChI=1S/C13H19N3O3S/c1-2-4-14-8-12-6-13(9-15-12)20(17,18)16-7-11-3-5-19-10-11/h3,5-6,9-10,14-16H,2,4,7-8H2,1H3. The van der Waals surface area contributed by atoms with Gasteiger partial charge in [-0.05, 0) is 25.1 Å². The van der Waals surface area contributed by atoms with Crippen LogP contribution >= 0.6 is 0 Å². The van der Waals surface area contributed by atoms with Crippen LogP contribution in [0, 0.1) is 0 Å². The lowest BCUT2D eigenvalue weighted by Gasteiger charge is -2.02. The van der Waals surface area contributed by atoms with Gasteiger partial charge in [0.1, 0.15) is 0 Å². The van der Waals surface area contributed by atoms with Gasteiger partial charge in [-0.15, -0.1) is 0 Å². The third-order valence-electron chi connectivity index (χ3n) is 2.82. The molecule has 0 bridgehead atoms. The Balaban J connectivity index is 1.95. The molecule has 0 saturated heterocycles. The van der Waals surface area contributed by atoms with Crippen LogP contribution in [0.5, 0.6) is 0 Å². The molecule has 2 aromatic rings. The van der Waals surface area contributed by atoms with Crippen molar-refractivity contribution in [2.24, 2.45) is 0 Å². The molecule has 0 aliphatic carbocycles. The van der Waals surface area contributed by atoms with E-state index in [0.717, 1.165) is 24.2 Å². The van der Waals surface area contributed by atoms with E-state index in [1.165, 1.54) is 18.7 Å². The second kappa shape index (κ2) is 6.74. The van der Waals surface area contributed by atoms with E-state index in [-0.39, 0.29) is 11.4 Å². The third kappa shape index (κ3) is 3.96. The van der Waals surface area contributed by atoms with E-state index in [1.54, 1.807) is 12.1 Å². The van der Waals surface area contributed by atoms with Crippen molar-refractivity contribution in [2.45, 2.75) is 31.3 Å². The van der Waals surface area contributed by atoms with Crippen LogP contribution in [0.3, 0.4) is 0 Å². The Hall–Kier alpha value is -1.57. The summed E-state index contributed by atoms with van der Waals surface area (Å²) in [6.45, 7) is 3.83. The summed E-state index contributed by atoms with van der Waals surface area (Å²) >= 11 is 0. The maximum atomic E-state index is 12.1. The largest absolute Gasteiger partial charge is 0.472 e. The van der Waals surface area contributed by atoms with Gasteiger partial charge in [0.2, 0.25) is 10.0 Å². The maximum Gasteiger partial charge on any atom is 0.242 e. The predicted molar refractivity (Wildman–Crippen MR) is 75.5 cm³/mol. The Bertz CT molecular complexity index is 617. The zero-order chi connectivity index (χ0) is 14.4. The number of hydrogen-bond acceptors (Lipinski definition) is 4. The topological polar surface area (TPSA) is 87.1 Å². The molecule has 0 saturated carbocycles. The van der Waals surface area contributed by atoms with Crippen LogP contribution in [0.25, 0.3) is 0 Å². The minimum absolute atomic E-state index is 0.216. The first kappa shape index (κ1) is 14.8. The normalized spacial score (nSPS) is 11.8. The van der Waals surface area contributed by atoms with Gasteiger partial charge in [-0.25, -0.2) is 13.1 Å². The van der Waals surface area contributed by atoms with Gasteiger partial charge in [0.05, 0.1) is 17.4 Å². The van der Waals surface area contributed by atoms with Crippen molar-refractivity contribution >= 4 is 10.0 Å². The van der Waals surface area contributed by atoms with Crippen LogP contribution in [-0.4, -0.2) is 19.9 Å². The zero-order valence-corrected chi connectivity index (χ0v) is 12.2. The van der Waals surface area contributed by atoms with Crippen molar-refractivity contribution in [3.05, 3.63) is 42.1 Å². The first-order valence-corrected chi connectivity index (χ1v) is 7.99. The van der Waals surface area contributed by atoms with Gasteiger partial charge in [-0.2, -0.15) is 0 Å². The number of rotatable bonds is 8. The summed E-state index contributed by atoms with van der Waals surface area (Å²) in [7, 11) is -3.50. The zero-order valence-electron chi connectivity index (χ0n) is 11.3. The molecule has 6 nitrogen and oxygen atoms in total. The highest BCUT2D eigenvalue weighted by Gasteiger charge is 2.15. The molecule has 0 atom stereocenters. The summed E-state index contributed by atoms with van der Waals surface area (Å²) in [5.41, 5.74) is 1.64. The average Bonchev–Trinajstić information content (AvgIpc) is 3.08. The van der Waals surface area contributed by atoms with Gasteiger partial charge in [-0.3, -0.25) is 0 Å². The van der Waals surface area contributed by atoms with Crippen LogP contribution in [0.15, 0.2) is 40.2 Å². The van der Waals surface area contributed by atoms with Crippen LogP contribution in [0.1, 0.15) is 24.6 Å². The van der Waals surface area contributed by atoms with E-state index < -0.39 is 10.0 Å². The number of hydrogen-bond donors (Lipinski definition) is 3.